The molecule has 6 heteroatoms. The molecule has 0 aliphatic rings. The predicted octanol–water partition coefficient (Wildman–Crippen LogP) is 6.68. The molecule has 0 saturated heterocycles. The molecule has 140 valence electrons. The molecule has 0 radical (unpaired) electrons. The van der Waals surface area contributed by atoms with Crippen molar-refractivity contribution in [3.8, 4) is 22.3 Å². The van der Waals surface area contributed by atoms with E-state index in [9.17, 15) is 5.11 Å². The molecule has 0 atom stereocenters. The van der Waals surface area contributed by atoms with Crippen LogP contribution in [0.1, 0.15) is 11.5 Å². The standard InChI is InChI=1S/C22H16Cl2N2O2/c1-11-19(12-8-25-16-6-2-4-14(23)20(12)16)22(18(10-27)28-11)13-9-26-17-7-3-5-15(24)21(13)17/h2-9,25-27H,10H2,1H3. The molecule has 0 amide bonds. The fourth-order valence-electron chi connectivity index (χ4n) is 4.00. The van der Waals surface area contributed by atoms with Crippen LogP contribution in [0, 0.1) is 6.92 Å². The molecule has 2 aromatic carbocycles. The van der Waals surface area contributed by atoms with Gasteiger partial charge in [0.25, 0.3) is 0 Å². The third kappa shape index (κ3) is 2.42. The van der Waals surface area contributed by atoms with Crippen molar-refractivity contribution in [2.75, 3.05) is 0 Å². The highest BCUT2D eigenvalue weighted by Crippen LogP contribution is 2.46. The van der Waals surface area contributed by atoms with Gasteiger partial charge in [-0.25, -0.2) is 0 Å². The van der Waals surface area contributed by atoms with Gasteiger partial charge in [-0.15, -0.1) is 0 Å². The Kier molecular flexibility index (Phi) is 4.02. The van der Waals surface area contributed by atoms with Crippen molar-refractivity contribution in [3.05, 3.63) is 70.4 Å². The Bertz CT molecular complexity index is 1340. The number of aromatic amines is 2. The van der Waals surface area contributed by atoms with Crippen LogP contribution in [0.4, 0.5) is 0 Å². The van der Waals surface area contributed by atoms with Crippen molar-refractivity contribution in [1.82, 2.24) is 9.97 Å². The Labute approximate surface area is 170 Å². The van der Waals surface area contributed by atoms with Crippen molar-refractivity contribution in [2.24, 2.45) is 0 Å². The molecule has 3 N–H and O–H groups in total. The van der Waals surface area contributed by atoms with Gasteiger partial charge in [0.1, 0.15) is 18.1 Å². The van der Waals surface area contributed by atoms with Crippen LogP contribution in [-0.4, -0.2) is 15.1 Å². The lowest BCUT2D eigenvalue weighted by Gasteiger charge is -2.06. The summed E-state index contributed by atoms with van der Waals surface area (Å²) in [6, 6.07) is 11.5. The molecule has 0 fully saturated rings. The van der Waals surface area contributed by atoms with Crippen LogP contribution in [0.2, 0.25) is 10.0 Å². The number of hydrogen-bond donors (Lipinski definition) is 3. The quantitative estimate of drug-likeness (QED) is 0.310. The normalized spacial score (nSPS) is 11.7. The summed E-state index contributed by atoms with van der Waals surface area (Å²) in [6.07, 6.45) is 3.83. The molecule has 0 aliphatic heterocycles. The highest BCUT2D eigenvalue weighted by molar-refractivity contribution is 6.37. The van der Waals surface area contributed by atoms with Gasteiger partial charge in [0.2, 0.25) is 0 Å². The number of halogens is 2. The van der Waals surface area contributed by atoms with Crippen LogP contribution in [0.25, 0.3) is 44.1 Å². The van der Waals surface area contributed by atoms with Gasteiger partial charge >= 0.3 is 0 Å². The third-order valence-electron chi connectivity index (χ3n) is 5.15. The number of furan rings is 1. The Hall–Kier alpha value is -2.66. The van der Waals surface area contributed by atoms with Gasteiger partial charge in [-0.3, -0.25) is 0 Å². The van der Waals surface area contributed by atoms with E-state index in [0.717, 1.165) is 44.1 Å². The number of aromatic nitrogens is 2. The van der Waals surface area contributed by atoms with Gasteiger partial charge in [-0.1, -0.05) is 35.3 Å². The maximum atomic E-state index is 9.99. The largest absolute Gasteiger partial charge is 0.463 e. The van der Waals surface area contributed by atoms with E-state index in [1.54, 1.807) is 0 Å². The topological polar surface area (TPSA) is 65.0 Å². The lowest BCUT2D eigenvalue weighted by Crippen LogP contribution is -1.87. The summed E-state index contributed by atoms with van der Waals surface area (Å²) in [5.41, 5.74) is 5.39. The summed E-state index contributed by atoms with van der Waals surface area (Å²) in [7, 11) is 0. The molecule has 3 heterocycles. The lowest BCUT2D eigenvalue weighted by atomic mass is 9.94. The number of benzene rings is 2. The van der Waals surface area contributed by atoms with E-state index in [1.165, 1.54) is 0 Å². The molecule has 0 unspecified atom stereocenters. The first-order chi connectivity index (χ1) is 13.6. The number of nitrogens with one attached hydrogen (secondary N) is 2. The second-order valence-corrected chi connectivity index (χ2v) is 7.53. The van der Waals surface area contributed by atoms with E-state index < -0.39 is 0 Å². The van der Waals surface area contributed by atoms with Gasteiger partial charge in [0.05, 0.1) is 10.0 Å². The van der Waals surface area contributed by atoms with E-state index in [1.807, 2.05) is 55.7 Å². The fraction of sp³-hybridized carbons (Fsp3) is 0.0909. The van der Waals surface area contributed by atoms with E-state index in [-0.39, 0.29) is 6.61 Å². The molecule has 0 aliphatic carbocycles. The molecule has 4 nitrogen and oxygen atoms in total. The van der Waals surface area contributed by atoms with E-state index in [0.29, 0.717) is 21.6 Å². The van der Waals surface area contributed by atoms with Gasteiger partial charge in [-0.05, 0) is 31.2 Å². The molecule has 3 aromatic heterocycles. The summed E-state index contributed by atoms with van der Waals surface area (Å²) >= 11 is 13.0. The van der Waals surface area contributed by atoms with Crippen LogP contribution >= 0.6 is 23.2 Å². The van der Waals surface area contributed by atoms with Gasteiger partial charge in [0, 0.05) is 56.5 Å². The number of rotatable bonds is 3. The zero-order valence-corrected chi connectivity index (χ0v) is 16.4. The van der Waals surface area contributed by atoms with Crippen LogP contribution in [0.15, 0.2) is 53.2 Å². The fourth-order valence-corrected chi connectivity index (χ4v) is 4.55. The second kappa shape index (κ2) is 6.45. The highest BCUT2D eigenvalue weighted by atomic mass is 35.5. The number of H-pyrrole nitrogens is 2. The molecule has 5 rings (SSSR count). The number of aliphatic hydroxyl groups is 1. The van der Waals surface area contributed by atoms with Crippen molar-refractivity contribution < 1.29 is 9.52 Å². The molecule has 0 saturated carbocycles. The Balaban J connectivity index is 1.89. The summed E-state index contributed by atoms with van der Waals surface area (Å²) in [5, 5.41) is 13.1. The zero-order chi connectivity index (χ0) is 19.4. The Morgan fingerprint density at radius 3 is 1.93 bits per heavy atom. The number of aliphatic hydroxyl groups excluding tert-OH is 1. The summed E-state index contributed by atoms with van der Waals surface area (Å²) < 4.78 is 5.96. The van der Waals surface area contributed by atoms with Crippen molar-refractivity contribution in [2.45, 2.75) is 13.5 Å². The Morgan fingerprint density at radius 1 is 0.857 bits per heavy atom. The maximum Gasteiger partial charge on any atom is 0.138 e. The van der Waals surface area contributed by atoms with Crippen LogP contribution in [0.3, 0.4) is 0 Å². The monoisotopic (exact) mass is 410 g/mol. The lowest BCUT2D eigenvalue weighted by molar-refractivity contribution is 0.245. The van der Waals surface area contributed by atoms with Gasteiger partial charge in [-0.2, -0.15) is 0 Å². The first kappa shape index (κ1) is 17.4. The van der Waals surface area contributed by atoms with Crippen molar-refractivity contribution in [1.29, 1.82) is 0 Å². The van der Waals surface area contributed by atoms with Gasteiger partial charge in [0.15, 0.2) is 0 Å². The average molecular weight is 411 g/mol. The van der Waals surface area contributed by atoms with Crippen molar-refractivity contribution in [3.63, 3.8) is 0 Å². The smallest absolute Gasteiger partial charge is 0.138 e. The minimum Gasteiger partial charge on any atom is -0.463 e. The number of fused-ring (bicyclic) bond motifs is 2. The minimum atomic E-state index is -0.219. The van der Waals surface area contributed by atoms with E-state index in [2.05, 4.69) is 9.97 Å². The summed E-state index contributed by atoms with van der Waals surface area (Å²) in [4.78, 5) is 6.55. The predicted molar refractivity (Wildman–Crippen MR) is 114 cm³/mol. The van der Waals surface area contributed by atoms with E-state index in [4.69, 9.17) is 27.6 Å². The first-order valence-corrected chi connectivity index (χ1v) is 9.60. The maximum absolute atomic E-state index is 9.99. The molecule has 5 aromatic rings. The summed E-state index contributed by atoms with van der Waals surface area (Å²) in [5.74, 6) is 1.20. The van der Waals surface area contributed by atoms with Crippen LogP contribution in [-0.2, 0) is 6.61 Å². The average Bonchev–Trinajstić information content (AvgIpc) is 3.37. The molecule has 0 bridgehead atoms. The van der Waals surface area contributed by atoms with Gasteiger partial charge < -0.3 is 19.5 Å². The minimum absolute atomic E-state index is 0.219. The van der Waals surface area contributed by atoms with Crippen LogP contribution < -0.4 is 0 Å². The van der Waals surface area contributed by atoms with Crippen molar-refractivity contribution >= 4 is 45.0 Å². The molecule has 0 spiro atoms. The highest BCUT2D eigenvalue weighted by Gasteiger charge is 2.25. The third-order valence-corrected chi connectivity index (χ3v) is 5.78. The first-order valence-electron chi connectivity index (χ1n) is 8.85. The molecule has 28 heavy (non-hydrogen) atoms. The molecular weight excluding hydrogens is 395 g/mol. The summed E-state index contributed by atoms with van der Waals surface area (Å²) in [6.45, 7) is 1.67. The van der Waals surface area contributed by atoms with E-state index >= 15 is 0 Å². The SMILES string of the molecule is Cc1oc(CO)c(-c2c[nH]c3cccc(Cl)c23)c1-c1c[nH]c2cccc(Cl)c12. The zero-order valence-electron chi connectivity index (χ0n) is 14.9. The Morgan fingerprint density at radius 2 is 1.39 bits per heavy atom. The van der Waals surface area contributed by atoms with Crippen LogP contribution in [0.5, 0.6) is 0 Å². The second-order valence-electron chi connectivity index (χ2n) is 6.72. The number of aryl methyl sites for hydroxylation is 1. The molecular formula is C22H16Cl2N2O2. The number of hydrogen-bond acceptors (Lipinski definition) is 2.